The first-order chi connectivity index (χ1) is 9.08. The van der Waals surface area contributed by atoms with Crippen LogP contribution in [0.3, 0.4) is 0 Å². The number of aromatic nitrogens is 1. The van der Waals surface area contributed by atoms with Crippen molar-refractivity contribution in [2.75, 3.05) is 0 Å². The van der Waals surface area contributed by atoms with Crippen LogP contribution in [0.4, 0.5) is 26.3 Å². The van der Waals surface area contributed by atoms with Gasteiger partial charge in [0.05, 0.1) is 29.6 Å². The minimum Gasteiger partial charge on any atom is -0.388 e. The first kappa shape index (κ1) is 16.4. The molecule has 0 saturated carbocycles. The Bertz CT molecular complexity index is 534. The Labute approximate surface area is 113 Å². The molecule has 0 unspecified atom stereocenters. The van der Waals surface area contributed by atoms with Crippen molar-refractivity contribution in [3.8, 4) is 11.9 Å². The number of pyridine rings is 1. The molecule has 10 heteroatoms. The van der Waals surface area contributed by atoms with Crippen LogP contribution in [0.15, 0.2) is 6.07 Å². The van der Waals surface area contributed by atoms with Gasteiger partial charge in [-0.25, -0.2) is 4.98 Å². The van der Waals surface area contributed by atoms with Gasteiger partial charge in [0.1, 0.15) is 0 Å². The lowest BCUT2D eigenvalue weighted by Crippen LogP contribution is -2.21. The molecule has 1 rings (SSSR count). The van der Waals surface area contributed by atoms with Crippen LogP contribution < -0.4 is 4.74 Å². The summed E-state index contributed by atoms with van der Waals surface area (Å²) in [6.07, 6.45) is -10.8. The van der Waals surface area contributed by atoms with Gasteiger partial charge in [0.2, 0.25) is 5.88 Å². The lowest BCUT2D eigenvalue weighted by Gasteiger charge is -2.17. The molecule has 0 amide bonds. The van der Waals surface area contributed by atoms with E-state index >= 15 is 0 Å². The van der Waals surface area contributed by atoms with E-state index < -0.39 is 47.5 Å². The second kappa shape index (κ2) is 5.75. The van der Waals surface area contributed by atoms with Crippen molar-refractivity contribution in [1.82, 2.24) is 4.98 Å². The maximum absolute atomic E-state index is 12.8. The Balaban J connectivity index is 3.47. The molecule has 0 aliphatic rings. The maximum atomic E-state index is 12.8. The van der Waals surface area contributed by atoms with Crippen LogP contribution in [0.5, 0.6) is 5.88 Å². The maximum Gasteiger partial charge on any atom is 0.574 e. The van der Waals surface area contributed by atoms with E-state index in [1.54, 1.807) is 0 Å². The normalized spacial score (nSPS) is 12.1. The zero-order chi connectivity index (χ0) is 15.6. The second-order valence-electron chi connectivity index (χ2n) is 3.46. The number of rotatable bonds is 3. The van der Waals surface area contributed by atoms with E-state index in [1.807, 2.05) is 0 Å². The van der Waals surface area contributed by atoms with Gasteiger partial charge in [-0.1, -0.05) is 0 Å². The van der Waals surface area contributed by atoms with E-state index in [-0.39, 0.29) is 0 Å². The molecule has 1 heterocycles. The fourth-order valence-electron chi connectivity index (χ4n) is 1.35. The lowest BCUT2D eigenvalue weighted by molar-refractivity contribution is -0.276. The van der Waals surface area contributed by atoms with Gasteiger partial charge in [-0.2, -0.15) is 18.4 Å². The Kier molecular flexibility index (Phi) is 4.70. The fourth-order valence-corrected chi connectivity index (χ4v) is 1.61. The Morgan fingerprint density at radius 3 is 2.25 bits per heavy atom. The van der Waals surface area contributed by atoms with E-state index in [1.165, 1.54) is 6.07 Å². The largest absolute Gasteiger partial charge is 0.574 e. The molecule has 0 spiro atoms. The van der Waals surface area contributed by atoms with Gasteiger partial charge in [-0.3, -0.25) is 0 Å². The van der Waals surface area contributed by atoms with Gasteiger partial charge in [-0.15, -0.1) is 24.8 Å². The average molecular weight is 319 g/mol. The van der Waals surface area contributed by atoms with Gasteiger partial charge in [0, 0.05) is 5.56 Å². The summed E-state index contributed by atoms with van der Waals surface area (Å²) >= 11 is 5.25. The summed E-state index contributed by atoms with van der Waals surface area (Å²) < 4.78 is 78.2. The summed E-state index contributed by atoms with van der Waals surface area (Å²) in [6.45, 7) is 0. The van der Waals surface area contributed by atoms with Crippen molar-refractivity contribution in [3.63, 3.8) is 0 Å². The van der Waals surface area contributed by atoms with E-state index in [4.69, 9.17) is 16.9 Å². The van der Waals surface area contributed by atoms with E-state index in [2.05, 4.69) is 9.72 Å². The highest BCUT2D eigenvalue weighted by molar-refractivity contribution is 6.17. The monoisotopic (exact) mass is 318 g/mol. The molecule has 110 valence electrons. The summed E-state index contributed by atoms with van der Waals surface area (Å²) in [5.41, 5.74) is -2.84. The Hall–Kier alpha value is -1.69. The molecule has 0 aliphatic heterocycles. The molecule has 0 aromatic carbocycles. The number of alkyl halides is 7. The highest BCUT2D eigenvalue weighted by atomic mass is 35.5. The number of nitrogens with zero attached hydrogens (tertiary/aromatic N) is 2. The first-order valence-electron chi connectivity index (χ1n) is 4.87. The molecule has 0 radical (unpaired) electrons. The fraction of sp³-hybridized carbons (Fsp3) is 0.400. The highest BCUT2D eigenvalue weighted by Gasteiger charge is 2.39. The summed E-state index contributed by atoms with van der Waals surface area (Å²) in [7, 11) is 0. The molecule has 0 atom stereocenters. The second-order valence-corrected chi connectivity index (χ2v) is 3.73. The predicted molar refractivity (Wildman–Crippen MR) is 54.8 cm³/mol. The molecule has 0 saturated heterocycles. The van der Waals surface area contributed by atoms with Crippen LogP contribution in [-0.4, -0.2) is 11.3 Å². The number of nitriles is 1. The third kappa shape index (κ3) is 4.16. The average Bonchev–Trinajstić information content (AvgIpc) is 2.25. The summed E-state index contributed by atoms with van der Waals surface area (Å²) in [5.74, 6) is -2.17. The Morgan fingerprint density at radius 2 is 1.85 bits per heavy atom. The molecule has 20 heavy (non-hydrogen) atoms. The third-order valence-corrected chi connectivity index (χ3v) is 2.32. The molecule has 0 bridgehead atoms. The van der Waals surface area contributed by atoms with E-state index in [0.29, 0.717) is 6.07 Å². The van der Waals surface area contributed by atoms with Gasteiger partial charge in [-0.05, 0) is 6.07 Å². The topological polar surface area (TPSA) is 45.9 Å². The van der Waals surface area contributed by atoms with Crippen molar-refractivity contribution in [1.29, 1.82) is 5.26 Å². The summed E-state index contributed by atoms with van der Waals surface area (Å²) in [4.78, 5) is 3.24. The van der Waals surface area contributed by atoms with Crippen LogP contribution in [0.25, 0.3) is 0 Å². The van der Waals surface area contributed by atoms with Crippen molar-refractivity contribution < 1.29 is 31.1 Å². The molecular weight excluding hydrogens is 314 g/mol. The van der Waals surface area contributed by atoms with Gasteiger partial charge >= 0.3 is 12.5 Å². The highest BCUT2D eigenvalue weighted by Crippen LogP contribution is 2.38. The minimum absolute atomic E-state index is 0.476. The van der Waals surface area contributed by atoms with Gasteiger partial charge < -0.3 is 4.74 Å². The standard InChI is InChI=1S/C10H5ClF6N2O/c11-4-6-7(9(12,13)14)3-5(1-2-18)19-8(6)20-10(15,16)17/h3H,1,4H2. The summed E-state index contributed by atoms with van der Waals surface area (Å²) in [6, 6.07) is 1.97. The molecule has 0 N–H and O–H groups in total. The Morgan fingerprint density at radius 1 is 1.25 bits per heavy atom. The van der Waals surface area contributed by atoms with Crippen molar-refractivity contribution >= 4 is 11.6 Å². The molecule has 1 aromatic heterocycles. The van der Waals surface area contributed by atoms with E-state index in [9.17, 15) is 26.3 Å². The van der Waals surface area contributed by atoms with Crippen molar-refractivity contribution in [2.24, 2.45) is 0 Å². The van der Waals surface area contributed by atoms with Gasteiger partial charge in [0.15, 0.2) is 0 Å². The molecule has 1 aromatic rings. The van der Waals surface area contributed by atoms with Gasteiger partial charge in [0.25, 0.3) is 0 Å². The predicted octanol–water partition coefficient (Wildman–Crippen LogP) is 3.80. The quantitative estimate of drug-likeness (QED) is 0.629. The molecule has 3 nitrogen and oxygen atoms in total. The summed E-state index contributed by atoms with van der Waals surface area (Å²) in [5, 5.41) is 8.40. The van der Waals surface area contributed by atoms with Crippen LogP contribution in [0, 0.1) is 11.3 Å². The molecular formula is C10H5ClF6N2O. The number of hydrogen-bond acceptors (Lipinski definition) is 3. The van der Waals surface area contributed by atoms with Crippen LogP contribution in [0.2, 0.25) is 0 Å². The zero-order valence-electron chi connectivity index (χ0n) is 9.44. The first-order valence-corrected chi connectivity index (χ1v) is 5.40. The third-order valence-electron chi connectivity index (χ3n) is 2.05. The van der Waals surface area contributed by atoms with Crippen molar-refractivity contribution in [3.05, 3.63) is 22.9 Å². The lowest BCUT2D eigenvalue weighted by atomic mass is 10.1. The number of halogens is 7. The minimum atomic E-state index is -5.22. The van der Waals surface area contributed by atoms with Crippen LogP contribution in [0.1, 0.15) is 16.8 Å². The number of hydrogen-bond donors (Lipinski definition) is 0. The smallest absolute Gasteiger partial charge is 0.388 e. The SMILES string of the molecule is N#CCc1cc(C(F)(F)F)c(CCl)c(OC(F)(F)F)n1. The van der Waals surface area contributed by atoms with Crippen LogP contribution in [-0.2, 0) is 18.5 Å². The molecule has 0 aliphatic carbocycles. The van der Waals surface area contributed by atoms with E-state index in [0.717, 1.165) is 0 Å². The van der Waals surface area contributed by atoms with Crippen LogP contribution >= 0.6 is 11.6 Å². The molecule has 0 fully saturated rings. The zero-order valence-corrected chi connectivity index (χ0v) is 10.2. The van der Waals surface area contributed by atoms with Crippen molar-refractivity contribution in [2.45, 2.75) is 24.8 Å². The number of ether oxygens (including phenoxy) is 1.